The summed E-state index contributed by atoms with van der Waals surface area (Å²) in [5.74, 6) is -0.118. The third kappa shape index (κ3) is 5.21. The fourth-order valence-corrected chi connectivity index (χ4v) is 2.38. The molecule has 110 valence electrons. The standard InChI is InChI=1S/C17H18ClNO2/c18-15-8-4-7-14(9-15)11-17(21)19-16(12-20)10-13-5-2-1-3-6-13/h1-9,16,20H,10-12H2,(H,19,21)/t16-/m1/s1. The van der Waals surface area contributed by atoms with Crippen LogP contribution in [0.1, 0.15) is 11.1 Å². The molecule has 0 aromatic heterocycles. The Morgan fingerprint density at radius 3 is 2.48 bits per heavy atom. The zero-order valence-corrected chi connectivity index (χ0v) is 12.4. The minimum atomic E-state index is -0.279. The van der Waals surface area contributed by atoms with E-state index in [1.165, 1.54) is 0 Å². The van der Waals surface area contributed by atoms with E-state index in [1.54, 1.807) is 12.1 Å². The van der Waals surface area contributed by atoms with E-state index in [0.29, 0.717) is 11.4 Å². The molecule has 2 aromatic carbocycles. The molecule has 2 rings (SSSR count). The molecule has 4 heteroatoms. The molecule has 0 bridgehead atoms. The minimum Gasteiger partial charge on any atom is -0.394 e. The second kappa shape index (κ2) is 7.81. The molecule has 0 heterocycles. The van der Waals surface area contributed by atoms with Crippen molar-refractivity contribution in [3.8, 4) is 0 Å². The fraction of sp³-hybridized carbons (Fsp3) is 0.235. The summed E-state index contributed by atoms with van der Waals surface area (Å²) in [4.78, 5) is 12.0. The lowest BCUT2D eigenvalue weighted by Gasteiger charge is -2.16. The molecule has 2 aromatic rings. The van der Waals surface area contributed by atoms with Gasteiger partial charge in [0.15, 0.2) is 0 Å². The summed E-state index contributed by atoms with van der Waals surface area (Å²) in [6.07, 6.45) is 0.866. The predicted molar refractivity (Wildman–Crippen MR) is 84.3 cm³/mol. The van der Waals surface area contributed by atoms with Crippen LogP contribution in [0, 0.1) is 0 Å². The molecule has 2 N–H and O–H groups in total. The number of aliphatic hydroxyl groups excluding tert-OH is 1. The van der Waals surface area contributed by atoms with Gasteiger partial charge in [-0.15, -0.1) is 0 Å². The van der Waals surface area contributed by atoms with Crippen molar-refractivity contribution in [2.75, 3.05) is 6.61 Å². The zero-order valence-electron chi connectivity index (χ0n) is 11.6. The topological polar surface area (TPSA) is 49.3 Å². The summed E-state index contributed by atoms with van der Waals surface area (Å²) in [5.41, 5.74) is 1.94. The molecule has 0 saturated heterocycles. The maximum absolute atomic E-state index is 12.0. The molecule has 1 atom stereocenters. The third-order valence-electron chi connectivity index (χ3n) is 3.16. The Labute approximate surface area is 129 Å². The summed E-state index contributed by atoms with van der Waals surface area (Å²) in [7, 11) is 0. The monoisotopic (exact) mass is 303 g/mol. The highest BCUT2D eigenvalue weighted by molar-refractivity contribution is 6.30. The first-order valence-electron chi connectivity index (χ1n) is 6.86. The molecule has 0 aliphatic heterocycles. The smallest absolute Gasteiger partial charge is 0.224 e. The molecule has 0 aliphatic rings. The van der Waals surface area contributed by atoms with E-state index in [4.69, 9.17) is 11.6 Å². The van der Waals surface area contributed by atoms with E-state index >= 15 is 0 Å². The van der Waals surface area contributed by atoms with Crippen LogP contribution < -0.4 is 5.32 Å². The number of halogens is 1. The molecular weight excluding hydrogens is 286 g/mol. The van der Waals surface area contributed by atoms with Crippen molar-refractivity contribution < 1.29 is 9.90 Å². The van der Waals surface area contributed by atoms with Gasteiger partial charge < -0.3 is 10.4 Å². The number of hydrogen-bond donors (Lipinski definition) is 2. The molecule has 0 spiro atoms. The summed E-state index contributed by atoms with van der Waals surface area (Å²) >= 11 is 5.90. The van der Waals surface area contributed by atoms with Crippen molar-refractivity contribution in [3.63, 3.8) is 0 Å². The number of carbonyl (C=O) groups is 1. The average molecular weight is 304 g/mol. The van der Waals surface area contributed by atoms with Gasteiger partial charge in [-0.2, -0.15) is 0 Å². The molecule has 1 amide bonds. The van der Waals surface area contributed by atoms with Crippen molar-refractivity contribution in [3.05, 3.63) is 70.7 Å². The lowest BCUT2D eigenvalue weighted by atomic mass is 10.1. The maximum Gasteiger partial charge on any atom is 0.224 e. The van der Waals surface area contributed by atoms with Crippen LogP contribution in [0.25, 0.3) is 0 Å². The van der Waals surface area contributed by atoms with Crippen LogP contribution in [-0.2, 0) is 17.6 Å². The van der Waals surface area contributed by atoms with Crippen LogP contribution in [0.4, 0.5) is 0 Å². The van der Waals surface area contributed by atoms with E-state index in [2.05, 4.69) is 5.32 Å². The number of hydrogen-bond acceptors (Lipinski definition) is 2. The van der Waals surface area contributed by atoms with Gasteiger partial charge >= 0.3 is 0 Å². The van der Waals surface area contributed by atoms with Crippen LogP contribution in [-0.4, -0.2) is 23.7 Å². The van der Waals surface area contributed by atoms with Gasteiger partial charge in [-0.25, -0.2) is 0 Å². The minimum absolute atomic E-state index is 0.0871. The Balaban J connectivity index is 1.90. The summed E-state index contributed by atoms with van der Waals surface area (Å²) in [5, 5.41) is 12.9. The number of rotatable bonds is 6. The normalized spacial score (nSPS) is 11.9. The third-order valence-corrected chi connectivity index (χ3v) is 3.40. The lowest BCUT2D eigenvalue weighted by molar-refractivity contribution is -0.121. The first-order valence-corrected chi connectivity index (χ1v) is 7.24. The molecule has 21 heavy (non-hydrogen) atoms. The Kier molecular flexibility index (Phi) is 5.78. The van der Waals surface area contributed by atoms with Crippen molar-refractivity contribution in [1.29, 1.82) is 0 Å². The predicted octanol–water partition coefficient (Wildman–Crippen LogP) is 2.60. The Morgan fingerprint density at radius 2 is 1.81 bits per heavy atom. The second-order valence-corrected chi connectivity index (χ2v) is 5.38. The van der Waals surface area contributed by atoms with Crippen LogP contribution in [0.3, 0.4) is 0 Å². The van der Waals surface area contributed by atoms with Gasteiger partial charge in [0.2, 0.25) is 5.91 Å². The number of nitrogens with one attached hydrogen (secondary N) is 1. The second-order valence-electron chi connectivity index (χ2n) is 4.94. The first-order chi connectivity index (χ1) is 10.2. The fourth-order valence-electron chi connectivity index (χ4n) is 2.17. The Morgan fingerprint density at radius 1 is 1.10 bits per heavy atom. The van der Waals surface area contributed by atoms with Gasteiger partial charge in [0, 0.05) is 5.02 Å². The average Bonchev–Trinajstić information content (AvgIpc) is 2.47. The van der Waals surface area contributed by atoms with Gasteiger partial charge in [-0.1, -0.05) is 54.1 Å². The van der Waals surface area contributed by atoms with Crippen LogP contribution in [0.2, 0.25) is 5.02 Å². The largest absolute Gasteiger partial charge is 0.394 e. The van der Waals surface area contributed by atoms with Gasteiger partial charge in [-0.05, 0) is 29.7 Å². The van der Waals surface area contributed by atoms with Gasteiger partial charge in [-0.3, -0.25) is 4.79 Å². The molecule has 0 aliphatic carbocycles. The van der Waals surface area contributed by atoms with Crippen LogP contribution >= 0.6 is 11.6 Å². The molecular formula is C17H18ClNO2. The quantitative estimate of drug-likeness (QED) is 0.862. The number of carbonyl (C=O) groups excluding carboxylic acids is 1. The molecule has 0 radical (unpaired) electrons. The maximum atomic E-state index is 12.0. The van der Waals surface area contributed by atoms with Crippen molar-refractivity contribution in [2.45, 2.75) is 18.9 Å². The highest BCUT2D eigenvalue weighted by Crippen LogP contribution is 2.11. The Bertz CT molecular complexity index is 586. The van der Waals surface area contributed by atoms with E-state index < -0.39 is 0 Å². The highest BCUT2D eigenvalue weighted by atomic mass is 35.5. The lowest BCUT2D eigenvalue weighted by Crippen LogP contribution is -2.39. The molecule has 0 fully saturated rings. The molecule has 0 saturated carbocycles. The van der Waals surface area contributed by atoms with Crippen molar-refractivity contribution in [1.82, 2.24) is 5.32 Å². The van der Waals surface area contributed by atoms with Crippen LogP contribution in [0.5, 0.6) is 0 Å². The van der Waals surface area contributed by atoms with Crippen molar-refractivity contribution >= 4 is 17.5 Å². The number of amides is 1. The molecule has 0 unspecified atom stereocenters. The number of benzene rings is 2. The SMILES string of the molecule is O=C(Cc1cccc(Cl)c1)N[C@@H](CO)Cc1ccccc1. The summed E-state index contributed by atoms with van der Waals surface area (Å²) in [6.45, 7) is -0.0871. The van der Waals surface area contributed by atoms with Crippen LogP contribution in [0.15, 0.2) is 54.6 Å². The first kappa shape index (κ1) is 15.5. The number of aliphatic hydroxyl groups is 1. The highest BCUT2D eigenvalue weighted by Gasteiger charge is 2.12. The van der Waals surface area contributed by atoms with E-state index in [1.807, 2.05) is 42.5 Å². The van der Waals surface area contributed by atoms with E-state index in [0.717, 1.165) is 11.1 Å². The summed E-state index contributed by atoms with van der Waals surface area (Å²) < 4.78 is 0. The van der Waals surface area contributed by atoms with Gasteiger partial charge in [0.25, 0.3) is 0 Å². The summed E-state index contributed by atoms with van der Waals surface area (Å²) in [6, 6.07) is 16.7. The van der Waals surface area contributed by atoms with E-state index in [-0.39, 0.29) is 25.0 Å². The van der Waals surface area contributed by atoms with Crippen molar-refractivity contribution in [2.24, 2.45) is 0 Å². The Hall–Kier alpha value is -1.84. The van der Waals surface area contributed by atoms with Gasteiger partial charge in [0.1, 0.15) is 0 Å². The van der Waals surface area contributed by atoms with Gasteiger partial charge in [0.05, 0.1) is 19.1 Å². The zero-order chi connectivity index (χ0) is 15.1. The van der Waals surface area contributed by atoms with E-state index in [9.17, 15) is 9.90 Å². The molecule has 3 nitrogen and oxygen atoms in total.